The number of nitrogens with zero attached hydrogens (tertiary/aromatic N) is 1. The predicted molar refractivity (Wildman–Crippen MR) is 109 cm³/mol. The molecule has 12 heteroatoms. The highest BCUT2D eigenvalue weighted by Crippen LogP contribution is 2.35. The molecule has 0 unspecified atom stereocenters. The zero-order valence-corrected chi connectivity index (χ0v) is 17.8. The van der Waals surface area contributed by atoms with E-state index in [4.69, 9.17) is 20.5 Å². The number of amides is 1. The fourth-order valence-electron chi connectivity index (χ4n) is 2.45. The van der Waals surface area contributed by atoms with Crippen molar-refractivity contribution in [2.24, 2.45) is 0 Å². The average Bonchev–Trinajstić information content (AvgIpc) is 2.68. The maximum Gasteiger partial charge on any atom is 0.417 e. The van der Waals surface area contributed by atoms with E-state index in [1.165, 1.54) is 49.4 Å². The van der Waals surface area contributed by atoms with Gasteiger partial charge in [0, 0.05) is 24.9 Å². The molecule has 32 heavy (non-hydrogen) atoms. The molecule has 0 aliphatic heterocycles. The van der Waals surface area contributed by atoms with Gasteiger partial charge in [0.1, 0.15) is 21.4 Å². The van der Waals surface area contributed by atoms with Crippen LogP contribution in [0.4, 0.5) is 18.9 Å². The van der Waals surface area contributed by atoms with Gasteiger partial charge in [-0.25, -0.2) is 4.98 Å². The van der Waals surface area contributed by atoms with Crippen molar-refractivity contribution in [2.75, 3.05) is 5.32 Å². The first kappa shape index (κ1) is 23.4. The monoisotopic (exact) mass is 486 g/mol. The summed E-state index contributed by atoms with van der Waals surface area (Å²) in [7, 11) is -4.21. The Kier molecular flexibility index (Phi) is 6.60. The summed E-state index contributed by atoms with van der Waals surface area (Å²) in [5.41, 5.74) is -0.675. The third-order valence-corrected chi connectivity index (χ3v) is 5.35. The molecule has 0 bridgehead atoms. The molecule has 168 valence electrons. The summed E-state index contributed by atoms with van der Waals surface area (Å²) in [4.78, 5) is 14.5. The van der Waals surface area contributed by atoms with Gasteiger partial charge in [-0.1, -0.05) is 17.7 Å². The van der Waals surface area contributed by atoms with Crippen LogP contribution in [0.2, 0.25) is 5.02 Å². The van der Waals surface area contributed by atoms with Crippen molar-refractivity contribution in [3.63, 3.8) is 0 Å². The van der Waals surface area contributed by atoms with Crippen molar-refractivity contribution in [1.29, 1.82) is 0 Å². The molecule has 0 fully saturated rings. The number of halogens is 4. The van der Waals surface area contributed by atoms with Gasteiger partial charge >= 0.3 is 16.3 Å². The summed E-state index contributed by atoms with van der Waals surface area (Å²) in [6, 6.07) is 11.4. The van der Waals surface area contributed by atoms with E-state index in [1.807, 2.05) is 0 Å². The van der Waals surface area contributed by atoms with Gasteiger partial charge in [0.05, 0.1) is 5.56 Å². The summed E-state index contributed by atoms with van der Waals surface area (Å²) in [6.45, 7) is 1.31. The summed E-state index contributed by atoms with van der Waals surface area (Å²) in [6.07, 6.45) is -4.03. The topological polar surface area (TPSA) is 94.6 Å². The van der Waals surface area contributed by atoms with Gasteiger partial charge in [0.25, 0.3) is 0 Å². The van der Waals surface area contributed by atoms with Crippen LogP contribution in [-0.4, -0.2) is 19.3 Å². The third-order valence-electron chi connectivity index (χ3n) is 3.82. The molecular weight excluding hydrogens is 473 g/mol. The minimum atomic E-state index is -4.60. The predicted octanol–water partition coefficient (Wildman–Crippen LogP) is 5.27. The maximum atomic E-state index is 12.7. The van der Waals surface area contributed by atoms with E-state index < -0.39 is 21.9 Å². The van der Waals surface area contributed by atoms with E-state index in [2.05, 4.69) is 10.3 Å². The Morgan fingerprint density at radius 3 is 2.34 bits per heavy atom. The Morgan fingerprint density at radius 2 is 1.75 bits per heavy atom. The van der Waals surface area contributed by atoms with Gasteiger partial charge in [-0.3, -0.25) is 4.79 Å². The van der Waals surface area contributed by atoms with Crippen molar-refractivity contribution in [3.05, 3.63) is 71.4 Å². The minimum Gasteiger partial charge on any atom is -0.438 e. The lowest BCUT2D eigenvalue weighted by atomic mass is 10.3. The summed E-state index contributed by atoms with van der Waals surface area (Å²) in [5, 5.41) is 2.15. The average molecular weight is 487 g/mol. The highest BCUT2D eigenvalue weighted by Gasteiger charge is 2.31. The lowest BCUT2D eigenvalue weighted by molar-refractivity contribution is -0.137. The van der Waals surface area contributed by atoms with E-state index in [-0.39, 0.29) is 33.2 Å². The first-order valence-corrected chi connectivity index (χ1v) is 10.6. The van der Waals surface area contributed by atoms with E-state index >= 15 is 0 Å². The van der Waals surface area contributed by atoms with E-state index in [1.54, 1.807) is 6.07 Å². The van der Waals surface area contributed by atoms with Gasteiger partial charge in [-0.15, -0.1) is 0 Å². The number of ether oxygens (including phenoxy) is 1. The van der Waals surface area contributed by atoms with Crippen LogP contribution in [0, 0.1) is 0 Å². The number of hydrogen-bond donors (Lipinski definition) is 1. The molecule has 0 aliphatic carbocycles. The van der Waals surface area contributed by atoms with Crippen LogP contribution in [0.15, 0.2) is 65.7 Å². The number of pyridine rings is 1. The number of carbonyl (C=O) groups excluding carboxylic acids is 1. The molecule has 1 heterocycles. The Hall–Kier alpha value is -3.31. The molecule has 1 N–H and O–H groups in total. The van der Waals surface area contributed by atoms with Crippen molar-refractivity contribution >= 4 is 33.3 Å². The zero-order chi connectivity index (χ0) is 23.5. The number of benzene rings is 2. The second kappa shape index (κ2) is 9.05. The Bertz CT molecular complexity index is 1250. The number of nitrogens with one attached hydrogen (secondary N) is 1. The molecule has 1 amide bonds. The molecule has 3 aromatic rings. The smallest absolute Gasteiger partial charge is 0.417 e. The minimum absolute atomic E-state index is 0.0164. The fourth-order valence-corrected chi connectivity index (χ4v) is 3.57. The quantitative estimate of drug-likeness (QED) is 0.477. The van der Waals surface area contributed by atoms with Crippen LogP contribution < -0.4 is 14.2 Å². The Labute approximate surface area is 185 Å². The Morgan fingerprint density at radius 1 is 1.06 bits per heavy atom. The number of carbonyl (C=O) groups is 1. The molecule has 0 spiro atoms. The lowest BCUT2D eigenvalue weighted by Crippen LogP contribution is -2.10. The number of hydrogen-bond acceptors (Lipinski definition) is 6. The van der Waals surface area contributed by atoms with Crippen LogP contribution in [0.3, 0.4) is 0 Å². The zero-order valence-electron chi connectivity index (χ0n) is 16.2. The number of anilines is 1. The molecule has 3 rings (SSSR count). The summed E-state index contributed by atoms with van der Waals surface area (Å²) >= 11 is 5.79. The Balaban J connectivity index is 1.74. The number of rotatable bonds is 6. The van der Waals surface area contributed by atoms with Gasteiger partial charge in [-0.05, 0) is 42.5 Å². The molecule has 0 atom stereocenters. The third kappa shape index (κ3) is 5.89. The van der Waals surface area contributed by atoms with Crippen molar-refractivity contribution in [1.82, 2.24) is 4.98 Å². The maximum absolute atomic E-state index is 12.7. The SMILES string of the molecule is CC(=O)Nc1cccc(OS(=O)(=O)c2ccc(Oc3ncc(C(F)(F)F)cc3Cl)cc2)c1. The van der Waals surface area contributed by atoms with Crippen molar-refractivity contribution in [2.45, 2.75) is 18.0 Å². The first-order chi connectivity index (χ1) is 14.9. The van der Waals surface area contributed by atoms with Gasteiger partial charge < -0.3 is 14.2 Å². The van der Waals surface area contributed by atoms with Crippen LogP contribution in [0.1, 0.15) is 12.5 Å². The molecule has 0 radical (unpaired) electrons. The van der Waals surface area contributed by atoms with E-state index in [9.17, 15) is 26.4 Å². The molecular formula is C20H14ClF3N2O5S. The van der Waals surface area contributed by atoms with Gasteiger partial charge in [0.2, 0.25) is 11.8 Å². The van der Waals surface area contributed by atoms with Crippen LogP contribution in [0.5, 0.6) is 17.4 Å². The highest BCUT2D eigenvalue weighted by atomic mass is 35.5. The number of alkyl halides is 3. The van der Waals surface area contributed by atoms with Crippen LogP contribution in [-0.2, 0) is 21.1 Å². The standard InChI is InChI=1S/C20H14ClF3N2O5S/c1-12(27)26-14-3-2-4-16(10-14)31-32(28,29)17-7-5-15(6-8-17)30-19-18(21)9-13(11-25-19)20(22,23)24/h2-11H,1H3,(H,26,27). The fraction of sp³-hybridized carbons (Fsp3) is 0.100. The molecule has 2 aromatic carbocycles. The lowest BCUT2D eigenvalue weighted by Gasteiger charge is -2.11. The summed E-state index contributed by atoms with van der Waals surface area (Å²) in [5.74, 6) is -0.535. The first-order valence-electron chi connectivity index (χ1n) is 8.77. The molecule has 0 saturated heterocycles. The van der Waals surface area contributed by atoms with Gasteiger partial charge in [-0.2, -0.15) is 21.6 Å². The van der Waals surface area contributed by atoms with E-state index in [0.717, 1.165) is 0 Å². The molecule has 0 saturated carbocycles. The van der Waals surface area contributed by atoms with E-state index in [0.29, 0.717) is 18.0 Å². The van der Waals surface area contributed by atoms with Crippen molar-refractivity contribution < 1.29 is 35.3 Å². The largest absolute Gasteiger partial charge is 0.438 e. The van der Waals surface area contributed by atoms with Gasteiger partial charge in [0.15, 0.2) is 0 Å². The molecule has 0 aliphatic rings. The highest BCUT2D eigenvalue weighted by molar-refractivity contribution is 7.87. The van der Waals surface area contributed by atoms with Crippen molar-refractivity contribution in [3.8, 4) is 17.4 Å². The van der Waals surface area contributed by atoms with Crippen LogP contribution in [0.25, 0.3) is 0 Å². The molecule has 7 nitrogen and oxygen atoms in total. The summed E-state index contributed by atoms with van der Waals surface area (Å²) < 4.78 is 73.5. The van der Waals surface area contributed by atoms with Crippen LogP contribution >= 0.6 is 11.6 Å². The molecule has 1 aromatic heterocycles. The second-order valence-electron chi connectivity index (χ2n) is 6.33. The normalized spacial score (nSPS) is 11.7. The number of aromatic nitrogens is 1. The second-order valence-corrected chi connectivity index (χ2v) is 8.28.